The molecule has 0 spiro atoms. The molecule has 0 aromatic carbocycles. The Morgan fingerprint density at radius 3 is 3.00 bits per heavy atom. The van der Waals surface area contributed by atoms with E-state index in [1.807, 2.05) is 28.8 Å². The molecule has 6 heteroatoms. The largest absolute Gasteiger partial charge is 0.324 e. The summed E-state index contributed by atoms with van der Waals surface area (Å²) in [6.45, 7) is 0.340. The molecule has 0 bridgehead atoms. The number of hydrogen-bond donors (Lipinski definition) is 1. The van der Waals surface area contributed by atoms with Crippen LogP contribution in [0.5, 0.6) is 0 Å². The number of hydrogen-bond acceptors (Lipinski definition) is 4. The molecule has 80 valence electrons. The lowest BCUT2D eigenvalue weighted by molar-refractivity contribution is 0.797. The molecule has 6 nitrogen and oxygen atoms in total. The summed E-state index contributed by atoms with van der Waals surface area (Å²) in [7, 11) is 0. The van der Waals surface area contributed by atoms with Crippen LogP contribution in [0, 0.1) is 0 Å². The van der Waals surface area contributed by atoms with Crippen molar-refractivity contribution in [3.05, 3.63) is 42.7 Å². The molecule has 0 saturated carbocycles. The molecule has 0 fully saturated rings. The lowest BCUT2D eigenvalue weighted by Crippen LogP contribution is -2.04. The smallest absolute Gasteiger partial charge is 0.164 e. The minimum absolute atomic E-state index is 0.340. The number of nitrogens with two attached hydrogens (primary N) is 1. The molecule has 0 unspecified atom stereocenters. The molecule has 3 aromatic heterocycles. The van der Waals surface area contributed by atoms with E-state index in [1.165, 1.54) is 0 Å². The third-order valence-electron chi connectivity index (χ3n) is 2.36. The second-order valence-corrected chi connectivity index (χ2v) is 3.35. The Morgan fingerprint density at radius 1 is 1.25 bits per heavy atom. The average molecular weight is 214 g/mol. The van der Waals surface area contributed by atoms with Gasteiger partial charge in [-0.2, -0.15) is 0 Å². The molecule has 3 aromatic rings. The van der Waals surface area contributed by atoms with E-state index < -0.39 is 0 Å². The molecule has 0 amide bonds. The number of pyridine rings is 1. The van der Waals surface area contributed by atoms with Crippen molar-refractivity contribution in [3.63, 3.8) is 0 Å². The molecule has 2 N–H and O–H groups in total. The van der Waals surface area contributed by atoms with Crippen molar-refractivity contribution in [2.75, 3.05) is 0 Å². The van der Waals surface area contributed by atoms with Gasteiger partial charge < -0.3 is 5.73 Å². The third kappa shape index (κ3) is 1.28. The number of rotatable bonds is 2. The lowest BCUT2D eigenvalue weighted by Gasteiger charge is -2.03. The SMILES string of the molecule is NCc1ncn(-c2cccc3nccn23)n1. The summed E-state index contributed by atoms with van der Waals surface area (Å²) in [4.78, 5) is 8.30. The van der Waals surface area contributed by atoms with Gasteiger partial charge in [0.1, 0.15) is 17.8 Å². The van der Waals surface area contributed by atoms with Crippen molar-refractivity contribution in [1.29, 1.82) is 0 Å². The van der Waals surface area contributed by atoms with Gasteiger partial charge in [-0.25, -0.2) is 14.6 Å². The minimum atomic E-state index is 0.340. The Bertz CT molecular complexity index is 623. The van der Waals surface area contributed by atoms with Crippen LogP contribution in [0.25, 0.3) is 11.5 Å². The van der Waals surface area contributed by atoms with E-state index in [4.69, 9.17) is 5.73 Å². The number of aromatic nitrogens is 5. The van der Waals surface area contributed by atoms with E-state index in [-0.39, 0.29) is 0 Å². The Morgan fingerprint density at radius 2 is 2.19 bits per heavy atom. The van der Waals surface area contributed by atoms with Crippen molar-refractivity contribution in [2.45, 2.75) is 6.54 Å². The van der Waals surface area contributed by atoms with Crippen LogP contribution < -0.4 is 5.73 Å². The normalized spacial score (nSPS) is 11.1. The summed E-state index contributed by atoms with van der Waals surface area (Å²) in [6.07, 6.45) is 5.28. The quantitative estimate of drug-likeness (QED) is 0.669. The van der Waals surface area contributed by atoms with Gasteiger partial charge in [-0.1, -0.05) is 6.07 Å². The van der Waals surface area contributed by atoms with Gasteiger partial charge in [-0.3, -0.25) is 4.40 Å². The first-order chi connectivity index (χ1) is 7.88. The monoisotopic (exact) mass is 214 g/mol. The Hall–Kier alpha value is -2.21. The van der Waals surface area contributed by atoms with Gasteiger partial charge in [0.15, 0.2) is 5.82 Å². The number of imidazole rings is 1. The van der Waals surface area contributed by atoms with Gasteiger partial charge in [0.2, 0.25) is 0 Å². The van der Waals surface area contributed by atoms with Crippen molar-refractivity contribution >= 4 is 5.65 Å². The maximum absolute atomic E-state index is 5.48. The zero-order valence-electron chi connectivity index (χ0n) is 8.48. The highest BCUT2D eigenvalue weighted by atomic mass is 15.4. The first-order valence-electron chi connectivity index (χ1n) is 4.91. The summed E-state index contributed by atoms with van der Waals surface area (Å²) >= 11 is 0. The van der Waals surface area contributed by atoms with Gasteiger partial charge in [0.25, 0.3) is 0 Å². The van der Waals surface area contributed by atoms with Crippen LogP contribution >= 0.6 is 0 Å². The van der Waals surface area contributed by atoms with Crippen LogP contribution in [0.2, 0.25) is 0 Å². The van der Waals surface area contributed by atoms with Crippen LogP contribution in [-0.2, 0) is 6.54 Å². The zero-order chi connectivity index (χ0) is 11.0. The Balaban J connectivity index is 2.21. The van der Waals surface area contributed by atoms with E-state index in [1.54, 1.807) is 17.2 Å². The highest BCUT2D eigenvalue weighted by molar-refractivity contribution is 5.44. The fraction of sp³-hybridized carbons (Fsp3) is 0.100. The summed E-state index contributed by atoms with van der Waals surface area (Å²) in [5.41, 5.74) is 6.35. The first-order valence-corrected chi connectivity index (χ1v) is 4.91. The van der Waals surface area contributed by atoms with Gasteiger partial charge in [-0.15, -0.1) is 5.10 Å². The molecule has 3 rings (SSSR count). The highest BCUT2D eigenvalue weighted by Crippen LogP contribution is 2.09. The van der Waals surface area contributed by atoms with E-state index in [0.717, 1.165) is 11.5 Å². The predicted octanol–water partition coefficient (Wildman–Crippen LogP) is 0.374. The van der Waals surface area contributed by atoms with Gasteiger partial charge in [-0.05, 0) is 12.1 Å². The molecule has 0 aliphatic carbocycles. The van der Waals surface area contributed by atoms with E-state index in [9.17, 15) is 0 Å². The summed E-state index contributed by atoms with van der Waals surface area (Å²) in [5.74, 6) is 1.51. The molecular formula is C10H10N6. The molecule has 3 heterocycles. The lowest BCUT2D eigenvalue weighted by atomic mass is 10.4. The number of fused-ring (bicyclic) bond motifs is 1. The van der Waals surface area contributed by atoms with Crippen LogP contribution in [0.15, 0.2) is 36.9 Å². The maximum Gasteiger partial charge on any atom is 0.164 e. The van der Waals surface area contributed by atoms with E-state index in [2.05, 4.69) is 15.1 Å². The highest BCUT2D eigenvalue weighted by Gasteiger charge is 2.05. The third-order valence-corrected chi connectivity index (χ3v) is 2.36. The second-order valence-electron chi connectivity index (χ2n) is 3.35. The zero-order valence-corrected chi connectivity index (χ0v) is 8.48. The second kappa shape index (κ2) is 3.42. The molecular weight excluding hydrogens is 204 g/mol. The molecule has 16 heavy (non-hydrogen) atoms. The Labute approximate surface area is 91.4 Å². The van der Waals surface area contributed by atoms with Crippen molar-refractivity contribution in [3.8, 4) is 5.82 Å². The fourth-order valence-corrected chi connectivity index (χ4v) is 1.62. The summed E-state index contributed by atoms with van der Waals surface area (Å²) < 4.78 is 3.63. The molecule has 0 saturated heterocycles. The van der Waals surface area contributed by atoms with Crippen molar-refractivity contribution in [1.82, 2.24) is 24.1 Å². The van der Waals surface area contributed by atoms with Gasteiger partial charge >= 0.3 is 0 Å². The van der Waals surface area contributed by atoms with Crippen LogP contribution in [0.4, 0.5) is 0 Å². The fourth-order valence-electron chi connectivity index (χ4n) is 1.62. The first kappa shape index (κ1) is 9.05. The average Bonchev–Trinajstić information content (AvgIpc) is 2.97. The minimum Gasteiger partial charge on any atom is -0.324 e. The topological polar surface area (TPSA) is 74.0 Å². The molecule has 0 aliphatic rings. The van der Waals surface area contributed by atoms with Crippen LogP contribution in [0.3, 0.4) is 0 Å². The van der Waals surface area contributed by atoms with Crippen molar-refractivity contribution in [2.24, 2.45) is 5.73 Å². The van der Waals surface area contributed by atoms with Gasteiger partial charge in [0.05, 0.1) is 6.54 Å². The predicted molar refractivity (Wildman–Crippen MR) is 58.0 cm³/mol. The van der Waals surface area contributed by atoms with Crippen molar-refractivity contribution < 1.29 is 0 Å². The van der Waals surface area contributed by atoms with Crippen LogP contribution in [0.1, 0.15) is 5.82 Å². The summed E-state index contributed by atoms with van der Waals surface area (Å²) in [5, 5.41) is 4.26. The molecule has 0 aliphatic heterocycles. The maximum atomic E-state index is 5.48. The van der Waals surface area contributed by atoms with E-state index in [0.29, 0.717) is 12.4 Å². The number of nitrogens with zero attached hydrogens (tertiary/aromatic N) is 5. The van der Waals surface area contributed by atoms with E-state index >= 15 is 0 Å². The molecule has 0 atom stereocenters. The Kier molecular flexibility index (Phi) is 1.94. The van der Waals surface area contributed by atoms with Gasteiger partial charge in [0, 0.05) is 12.4 Å². The summed E-state index contributed by atoms with van der Waals surface area (Å²) in [6, 6.07) is 5.81. The van der Waals surface area contributed by atoms with Crippen LogP contribution in [-0.4, -0.2) is 24.1 Å². The molecule has 0 radical (unpaired) electrons. The standard InChI is InChI=1S/C10H10N6/c11-6-8-13-7-16(14-8)10-3-1-2-9-12-4-5-15(9)10/h1-5,7H,6,11H2.